The number of alkyl carbamates (subject to hydrolysis) is 1. The highest BCUT2D eigenvalue weighted by Crippen LogP contribution is 2.23. The highest BCUT2D eigenvalue weighted by Gasteiger charge is 2.17. The van der Waals surface area contributed by atoms with Gasteiger partial charge in [0.15, 0.2) is 0 Å². The topological polar surface area (TPSA) is 64.3 Å². The maximum atomic E-state index is 11.5. The van der Waals surface area contributed by atoms with Crippen molar-refractivity contribution in [2.24, 2.45) is 5.73 Å². The first-order valence-electron chi connectivity index (χ1n) is 6.20. The van der Waals surface area contributed by atoms with Crippen LogP contribution in [0.4, 0.5) is 4.79 Å². The predicted molar refractivity (Wildman–Crippen MR) is 72.6 cm³/mol. The number of carbonyl (C=O) groups excluding carboxylic acids is 1. The Morgan fingerprint density at radius 3 is 2.33 bits per heavy atom. The molecule has 0 aliphatic carbocycles. The van der Waals surface area contributed by atoms with Crippen LogP contribution in [-0.4, -0.2) is 19.2 Å². The summed E-state index contributed by atoms with van der Waals surface area (Å²) in [6.07, 6.45) is -0.424. The molecule has 100 valence electrons. The number of rotatable bonds is 4. The molecule has 0 aliphatic rings. The van der Waals surface area contributed by atoms with E-state index in [9.17, 15) is 4.79 Å². The van der Waals surface area contributed by atoms with Crippen molar-refractivity contribution in [3.63, 3.8) is 0 Å². The lowest BCUT2D eigenvalue weighted by atomic mass is 9.94. The van der Waals surface area contributed by atoms with E-state index in [0.29, 0.717) is 13.2 Å². The molecule has 0 radical (unpaired) electrons. The molecule has 1 amide bonds. The molecular weight excluding hydrogens is 228 g/mol. The van der Waals surface area contributed by atoms with E-state index in [-0.39, 0.29) is 6.04 Å². The summed E-state index contributed by atoms with van der Waals surface area (Å²) in [6.45, 7) is 8.60. The molecule has 1 unspecified atom stereocenters. The lowest BCUT2D eigenvalue weighted by molar-refractivity contribution is 0.148. The van der Waals surface area contributed by atoms with E-state index in [2.05, 4.69) is 24.4 Å². The Hall–Kier alpha value is -1.55. The van der Waals surface area contributed by atoms with Crippen LogP contribution in [0.15, 0.2) is 12.1 Å². The fourth-order valence-electron chi connectivity index (χ4n) is 2.30. The van der Waals surface area contributed by atoms with Gasteiger partial charge in [0.05, 0.1) is 12.6 Å². The first-order valence-corrected chi connectivity index (χ1v) is 6.20. The van der Waals surface area contributed by atoms with Gasteiger partial charge in [-0.15, -0.1) is 0 Å². The molecule has 4 nitrogen and oxygen atoms in total. The smallest absolute Gasteiger partial charge is 0.407 e. The predicted octanol–water partition coefficient (Wildman–Crippen LogP) is 2.36. The molecular formula is C14H22N2O2. The van der Waals surface area contributed by atoms with Crippen molar-refractivity contribution in [3.05, 3.63) is 34.4 Å². The van der Waals surface area contributed by atoms with Crippen molar-refractivity contribution < 1.29 is 9.53 Å². The molecule has 0 bridgehead atoms. The molecule has 0 spiro atoms. The summed E-state index contributed by atoms with van der Waals surface area (Å²) in [5, 5.41) is 2.80. The first-order chi connectivity index (χ1) is 8.49. The van der Waals surface area contributed by atoms with Crippen LogP contribution >= 0.6 is 0 Å². The molecule has 1 aromatic carbocycles. The number of carbonyl (C=O) groups is 1. The minimum absolute atomic E-state index is 0.204. The van der Waals surface area contributed by atoms with E-state index in [0.717, 1.165) is 16.7 Å². The molecule has 18 heavy (non-hydrogen) atoms. The lowest BCUT2D eigenvalue weighted by Gasteiger charge is -2.21. The molecule has 0 heterocycles. The van der Waals surface area contributed by atoms with Gasteiger partial charge in [0.2, 0.25) is 0 Å². The lowest BCUT2D eigenvalue weighted by Crippen LogP contribution is -2.34. The maximum Gasteiger partial charge on any atom is 0.407 e. The highest BCUT2D eigenvalue weighted by molar-refractivity contribution is 5.68. The van der Waals surface area contributed by atoms with Crippen LogP contribution < -0.4 is 11.1 Å². The molecule has 0 aromatic heterocycles. The van der Waals surface area contributed by atoms with Gasteiger partial charge in [-0.05, 0) is 44.4 Å². The number of aryl methyl sites for hydroxylation is 3. The maximum absolute atomic E-state index is 11.5. The molecule has 0 fully saturated rings. The van der Waals surface area contributed by atoms with Crippen molar-refractivity contribution in [1.29, 1.82) is 0 Å². The Balaban J connectivity index is 2.98. The molecule has 4 heteroatoms. The van der Waals surface area contributed by atoms with Crippen molar-refractivity contribution in [2.75, 3.05) is 13.2 Å². The highest BCUT2D eigenvalue weighted by atomic mass is 16.5. The third kappa shape index (κ3) is 3.47. The van der Waals surface area contributed by atoms with E-state index in [1.165, 1.54) is 5.56 Å². The van der Waals surface area contributed by atoms with E-state index in [1.54, 1.807) is 6.92 Å². The van der Waals surface area contributed by atoms with Gasteiger partial charge in [-0.25, -0.2) is 4.79 Å². The minimum atomic E-state index is -0.424. The third-order valence-electron chi connectivity index (χ3n) is 2.89. The Morgan fingerprint density at radius 1 is 1.33 bits per heavy atom. The molecule has 1 rings (SSSR count). The van der Waals surface area contributed by atoms with Crippen LogP contribution in [0, 0.1) is 20.8 Å². The van der Waals surface area contributed by atoms with Crippen molar-refractivity contribution in [1.82, 2.24) is 5.32 Å². The van der Waals surface area contributed by atoms with Crippen LogP contribution in [-0.2, 0) is 4.74 Å². The Morgan fingerprint density at radius 2 is 1.89 bits per heavy atom. The Labute approximate surface area is 109 Å². The average molecular weight is 250 g/mol. The number of hydrogen-bond acceptors (Lipinski definition) is 3. The average Bonchev–Trinajstić information content (AvgIpc) is 2.26. The van der Waals surface area contributed by atoms with Crippen LogP contribution in [0.25, 0.3) is 0 Å². The van der Waals surface area contributed by atoms with E-state index in [4.69, 9.17) is 10.5 Å². The summed E-state index contributed by atoms with van der Waals surface area (Å²) in [5.41, 5.74) is 10.3. The minimum Gasteiger partial charge on any atom is -0.450 e. The molecule has 1 atom stereocenters. The fraction of sp³-hybridized carbons (Fsp3) is 0.500. The summed E-state index contributed by atoms with van der Waals surface area (Å²) < 4.78 is 4.89. The molecule has 0 aliphatic heterocycles. The molecule has 3 N–H and O–H groups in total. The number of nitrogens with two attached hydrogens (primary N) is 1. The first kappa shape index (κ1) is 14.5. The summed E-state index contributed by atoms with van der Waals surface area (Å²) >= 11 is 0. The number of nitrogens with one attached hydrogen (secondary N) is 1. The zero-order valence-corrected chi connectivity index (χ0v) is 11.5. The molecule has 0 saturated heterocycles. The second-order valence-electron chi connectivity index (χ2n) is 4.47. The van der Waals surface area contributed by atoms with Gasteiger partial charge in [-0.3, -0.25) is 0 Å². The standard InChI is InChI=1S/C14H22N2O2/c1-5-18-14(17)16-12(8-15)13-10(3)6-9(2)7-11(13)4/h6-7,12H,5,8,15H2,1-4H3,(H,16,17). The van der Waals surface area contributed by atoms with Gasteiger partial charge >= 0.3 is 6.09 Å². The molecule has 0 saturated carbocycles. The van der Waals surface area contributed by atoms with Crippen LogP contribution in [0.1, 0.15) is 35.2 Å². The Kier molecular flexibility index (Phi) is 5.16. The largest absolute Gasteiger partial charge is 0.450 e. The third-order valence-corrected chi connectivity index (χ3v) is 2.89. The summed E-state index contributed by atoms with van der Waals surface area (Å²) in [4.78, 5) is 11.5. The fourth-order valence-corrected chi connectivity index (χ4v) is 2.30. The van der Waals surface area contributed by atoms with Crippen LogP contribution in [0.2, 0.25) is 0 Å². The quantitative estimate of drug-likeness (QED) is 0.862. The monoisotopic (exact) mass is 250 g/mol. The molecule has 1 aromatic rings. The van der Waals surface area contributed by atoms with Crippen molar-refractivity contribution in [2.45, 2.75) is 33.7 Å². The zero-order valence-electron chi connectivity index (χ0n) is 11.5. The van der Waals surface area contributed by atoms with E-state index < -0.39 is 6.09 Å². The van der Waals surface area contributed by atoms with Gasteiger partial charge in [0, 0.05) is 6.54 Å². The number of benzene rings is 1. The van der Waals surface area contributed by atoms with Gasteiger partial charge in [-0.2, -0.15) is 0 Å². The SMILES string of the molecule is CCOC(=O)NC(CN)c1c(C)cc(C)cc1C. The van der Waals surface area contributed by atoms with Gasteiger partial charge < -0.3 is 15.8 Å². The second kappa shape index (κ2) is 6.40. The Bertz CT molecular complexity index is 407. The van der Waals surface area contributed by atoms with Gasteiger partial charge in [0.1, 0.15) is 0 Å². The van der Waals surface area contributed by atoms with Crippen molar-refractivity contribution >= 4 is 6.09 Å². The normalized spacial score (nSPS) is 12.1. The van der Waals surface area contributed by atoms with Gasteiger partial charge in [0.25, 0.3) is 0 Å². The van der Waals surface area contributed by atoms with E-state index in [1.807, 2.05) is 13.8 Å². The van der Waals surface area contributed by atoms with Crippen molar-refractivity contribution in [3.8, 4) is 0 Å². The van der Waals surface area contributed by atoms with Crippen LogP contribution in [0.5, 0.6) is 0 Å². The van der Waals surface area contributed by atoms with Gasteiger partial charge in [-0.1, -0.05) is 17.7 Å². The second-order valence-corrected chi connectivity index (χ2v) is 4.47. The van der Waals surface area contributed by atoms with E-state index >= 15 is 0 Å². The number of hydrogen-bond donors (Lipinski definition) is 2. The zero-order chi connectivity index (χ0) is 13.7. The summed E-state index contributed by atoms with van der Waals surface area (Å²) in [6, 6.07) is 3.99. The summed E-state index contributed by atoms with van der Waals surface area (Å²) in [7, 11) is 0. The number of ether oxygens (including phenoxy) is 1. The van der Waals surface area contributed by atoms with Crippen LogP contribution in [0.3, 0.4) is 0 Å². The summed E-state index contributed by atoms with van der Waals surface area (Å²) in [5.74, 6) is 0. The number of amides is 1.